The van der Waals surface area contributed by atoms with Crippen molar-refractivity contribution < 1.29 is 17.9 Å². The smallest absolute Gasteiger partial charge is 0.377 e. The maximum atomic E-state index is 12.1. The van der Waals surface area contributed by atoms with E-state index in [0.717, 1.165) is 19.3 Å². The van der Waals surface area contributed by atoms with Crippen molar-refractivity contribution in [3.63, 3.8) is 0 Å². The van der Waals surface area contributed by atoms with Crippen molar-refractivity contribution in [3.05, 3.63) is 0 Å². The first-order valence-electron chi connectivity index (χ1n) is 5.01. The largest absolute Gasteiger partial charge is 0.389 e. The average Bonchev–Trinajstić information content (AvgIpc) is 2.07. The van der Waals surface area contributed by atoms with Crippen LogP contribution in [0.25, 0.3) is 0 Å². The molecule has 1 fully saturated rings. The Bertz CT molecular complexity index is 199. The molecule has 90 valence electrons. The monoisotopic (exact) mass is 226 g/mol. The minimum absolute atomic E-state index is 0.0339. The van der Waals surface area contributed by atoms with Gasteiger partial charge in [0.05, 0.1) is 11.6 Å². The van der Waals surface area contributed by atoms with Gasteiger partial charge in [-0.1, -0.05) is 0 Å². The molecule has 1 aliphatic carbocycles. The summed E-state index contributed by atoms with van der Waals surface area (Å²) < 4.78 is 41.5. The molecule has 0 bridgehead atoms. The van der Waals surface area contributed by atoms with Gasteiger partial charge in [-0.05, 0) is 25.7 Å². The van der Waals surface area contributed by atoms with Gasteiger partial charge >= 0.3 is 6.18 Å². The highest BCUT2D eigenvalue weighted by atomic mass is 19.4. The summed E-state index contributed by atoms with van der Waals surface area (Å²) in [6.07, 6.45) is -2.46. The van der Waals surface area contributed by atoms with Gasteiger partial charge in [0.25, 0.3) is 0 Å². The highest BCUT2D eigenvalue weighted by Gasteiger charge is 2.45. The SMILES string of the molecule is COC1(C(CCC(F)(F)F)NN)CCC1. The Hall–Kier alpha value is -0.330. The Morgan fingerprint density at radius 1 is 1.47 bits per heavy atom. The van der Waals surface area contributed by atoms with E-state index in [1.165, 1.54) is 7.11 Å². The standard InChI is InChI=1S/C9H17F3N2O/c1-15-8(4-2-5-8)7(14-13)3-6-9(10,11)12/h7,14H,2-6,13H2,1H3. The summed E-state index contributed by atoms with van der Waals surface area (Å²) in [6.45, 7) is 0. The van der Waals surface area contributed by atoms with Crippen LogP contribution < -0.4 is 11.3 Å². The maximum absolute atomic E-state index is 12.1. The van der Waals surface area contributed by atoms with Crippen LogP contribution in [0.1, 0.15) is 32.1 Å². The van der Waals surface area contributed by atoms with E-state index in [2.05, 4.69) is 5.43 Å². The Balaban J connectivity index is 2.48. The lowest BCUT2D eigenvalue weighted by Gasteiger charge is -2.46. The van der Waals surface area contributed by atoms with E-state index < -0.39 is 24.2 Å². The van der Waals surface area contributed by atoms with E-state index in [1.54, 1.807) is 0 Å². The number of nitrogens with one attached hydrogen (secondary N) is 1. The third kappa shape index (κ3) is 3.06. The second-order valence-electron chi connectivity index (χ2n) is 4.00. The van der Waals surface area contributed by atoms with E-state index in [0.29, 0.717) is 0 Å². The predicted octanol–water partition coefficient (Wildman–Crippen LogP) is 1.73. The van der Waals surface area contributed by atoms with Crippen LogP contribution in [-0.2, 0) is 4.74 Å². The molecule has 0 aromatic heterocycles. The van der Waals surface area contributed by atoms with Crippen LogP contribution in [0, 0.1) is 0 Å². The van der Waals surface area contributed by atoms with Crippen LogP contribution in [0.4, 0.5) is 13.2 Å². The molecule has 0 saturated heterocycles. The molecular formula is C9H17F3N2O. The normalized spacial score (nSPS) is 22.2. The van der Waals surface area contributed by atoms with Crippen molar-refractivity contribution in [2.75, 3.05) is 7.11 Å². The average molecular weight is 226 g/mol. The number of methoxy groups -OCH3 is 1. The third-order valence-electron chi connectivity index (χ3n) is 3.16. The third-order valence-corrected chi connectivity index (χ3v) is 3.16. The lowest BCUT2D eigenvalue weighted by atomic mass is 9.73. The minimum Gasteiger partial charge on any atom is -0.377 e. The van der Waals surface area contributed by atoms with Gasteiger partial charge in [-0.2, -0.15) is 13.2 Å². The van der Waals surface area contributed by atoms with Crippen LogP contribution in [0.2, 0.25) is 0 Å². The minimum atomic E-state index is -4.13. The quantitative estimate of drug-likeness (QED) is 0.554. The van der Waals surface area contributed by atoms with Crippen molar-refractivity contribution in [2.24, 2.45) is 5.84 Å². The summed E-state index contributed by atoms with van der Waals surface area (Å²) in [5, 5.41) is 0. The van der Waals surface area contributed by atoms with Crippen molar-refractivity contribution in [2.45, 2.75) is 49.9 Å². The molecule has 0 radical (unpaired) electrons. The van der Waals surface area contributed by atoms with Crippen LogP contribution in [0.5, 0.6) is 0 Å². The van der Waals surface area contributed by atoms with Crippen molar-refractivity contribution >= 4 is 0 Å². The van der Waals surface area contributed by atoms with Crippen molar-refractivity contribution in [1.82, 2.24) is 5.43 Å². The molecule has 0 aromatic rings. The van der Waals surface area contributed by atoms with Crippen molar-refractivity contribution in [3.8, 4) is 0 Å². The summed E-state index contributed by atoms with van der Waals surface area (Å²) >= 11 is 0. The second kappa shape index (κ2) is 4.67. The zero-order chi connectivity index (χ0) is 11.5. The van der Waals surface area contributed by atoms with Crippen LogP contribution in [0.3, 0.4) is 0 Å². The number of hydrogen-bond donors (Lipinski definition) is 2. The van der Waals surface area contributed by atoms with Crippen molar-refractivity contribution in [1.29, 1.82) is 0 Å². The van der Waals surface area contributed by atoms with E-state index >= 15 is 0 Å². The molecule has 0 aromatic carbocycles. The zero-order valence-corrected chi connectivity index (χ0v) is 8.73. The van der Waals surface area contributed by atoms with E-state index in [4.69, 9.17) is 10.6 Å². The fourth-order valence-corrected chi connectivity index (χ4v) is 2.03. The van der Waals surface area contributed by atoms with Gasteiger partial charge in [0.2, 0.25) is 0 Å². The summed E-state index contributed by atoms with van der Waals surface area (Å²) in [5.41, 5.74) is 1.96. The summed E-state index contributed by atoms with van der Waals surface area (Å²) in [5.74, 6) is 5.28. The highest BCUT2D eigenvalue weighted by molar-refractivity contribution is 4.98. The van der Waals surface area contributed by atoms with Gasteiger partial charge in [0, 0.05) is 13.5 Å². The molecule has 1 saturated carbocycles. The molecule has 0 aliphatic heterocycles. The predicted molar refractivity (Wildman–Crippen MR) is 50.0 cm³/mol. The molecule has 1 aliphatic rings. The lowest BCUT2D eigenvalue weighted by Crippen LogP contribution is -2.58. The molecular weight excluding hydrogens is 209 g/mol. The van der Waals surface area contributed by atoms with Gasteiger partial charge in [-0.25, -0.2) is 0 Å². The van der Waals surface area contributed by atoms with Crippen LogP contribution in [-0.4, -0.2) is 24.9 Å². The number of nitrogens with two attached hydrogens (primary N) is 1. The highest BCUT2D eigenvalue weighted by Crippen LogP contribution is 2.40. The number of hydrogen-bond acceptors (Lipinski definition) is 3. The first-order chi connectivity index (χ1) is 6.93. The van der Waals surface area contributed by atoms with Gasteiger partial charge in [0.15, 0.2) is 0 Å². The van der Waals surface area contributed by atoms with E-state index in [1.807, 2.05) is 0 Å². The first kappa shape index (κ1) is 12.7. The van der Waals surface area contributed by atoms with Gasteiger partial charge < -0.3 is 4.74 Å². The molecule has 0 amide bonds. The van der Waals surface area contributed by atoms with Gasteiger partial charge in [-0.3, -0.25) is 11.3 Å². The van der Waals surface area contributed by atoms with Crippen LogP contribution >= 0.6 is 0 Å². The van der Waals surface area contributed by atoms with Gasteiger partial charge in [0.1, 0.15) is 0 Å². The first-order valence-corrected chi connectivity index (χ1v) is 5.01. The topological polar surface area (TPSA) is 47.3 Å². The van der Waals surface area contributed by atoms with E-state index in [-0.39, 0.29) is 6.42 Å². The second-order valence-corrected chi connectivity index (χ2v) is 4.00. The number of alkyl halides is 3. The molecule has 6 heteroatoms. The van der Waals surface area contributed by atoms with Gasteiger partial charge in [-0.15, -0.1) is 0 Å². The molecule has 1 unspecified atom stereocenters. The fourth-order valence-electron chi connectivity index (χ4n) is 2.03. The summed E-state index contributed by atoms with van der Waals surface area (Å²) in [4.78, 5) is 0. The molecule has 1 rings (SSSR count). The molecule has 15 heavy (non-hydrogen) atoms. The van der Waals surface area contributed by atoms with Crippen LogP contribution in [0.15, 0.2) is 0 Å². The molecule has 3 nitrogen and oxygen atoms in total. The molecule has 3 N–H and O–H groups in total. The zero-order valence-electron chi connectivity index (χ0n) is 8.73. The number of hydrazine groups is 1. The summed E-state index contributed by atoms with van der Waals surface area (Å²) in [7, 11) is 1.52. The molecule has 1 atom stereocenters. The Morgan fingerprint density at radius 3 is 2.33 bits per heavy atom. The number of ether oxygens (including phenoxy) is 1. The summed E-state index contributed by atoms with van der Waals surface area (Å²) in [6, 6.07) is -0.419. The Kier molecular flexibility index (Phi) is 3.97. The maximum Gasteiger partial charge on any atom is 0.389 e. The number of rotatable bonds is 5. The molecule has 0 heterocycles. The lowest BCUT2D eigenvalue weighted by molar-refractivity contribution is -0.148. The Morgan fingerprint density at radius 2 is 2.07 bits per heavy atom. The fraction of sp³-hybridized carbons (Fsp3) is 1.00. The number of halogens is 3. The Labute approximate surface area is 87.1 Å². The van der Waals surface area contributed by atoms with E-state index in [9.17, 15) is 13.2 Å². The molecule has 0 spiro atoms.